The van der Waals surface area contributed by atoms with E-state index < -0.39 is 17.7 Å². The van der Waals surface area contributed by atoms with Gasteiger partial charge in [-0.25, -0.2) is 9.59 Å². The predicted octanol–water partition coefficient (Wildman–Crippen LogP) is 2.75. The Balaban J connectivity index is 2.76. The quantitative estimate of drug-likeness (QED) is 0.590. The lowest BCUT2D eigenvalue weighted by atomic mass is 9.93. The maximum atomic E-state index is 12.2. The Morgan fingerprint density at radius 2 is 2.05 bits per heavy atom. The standard InChI is InChI=1S/C15H25NO4/c1-6-9-19-13(17)12-10-11(2)7-8-16(12)14(18)20-15(3,4)5/h6,11-12H,1,7-10H2,2-5H3/t11-,12-/m1/s1. The molecule has 5 heteroatoms. The Hall–Kier alpha value is -1.52. The topological polar surface area (TPSA) is 55.8 Å². The van der Waals surface area contributed by atoms with Gasteiger partial charge < -0.3 is 9.47 Å². The monoisotopic (exact) mass is 283 g/mol. The molecular weight excluding hydrogens is 258 g/mol. The molecule has 0 aliphatic carbocycles. The number of rotatable bonds is 3. The second-order valence-electron chi connectivity index (χ2n) is 6.24. The van der Waals surface area contributed by atoms with Crippen LogP contribution in [0.3, 0.4) is 0 Å². The zero-order valence-corrected chi connectivity index (χ0v) is 12.8. The van der Waals surface area contributed by atoms with Gasteiger partial charge in [-0.2, -0.15) is 0 Å². The van der Waals surface area contributed by atoms with E-state index in [-0.39, 0.29) is 12.6 Å². The number of likely N-dealkylation sites (tertiary alicyclic amines) is 1. The summed E-state index contributed by atoms with van der Waals surface area (Å²) in [6.07, 6.45) is 2.53. The molecule has 5 nitrogen and oxygen atoms in total. The maximum Gasteiger partial charge on any atom is 0.411 e. The average Bonchev–Trinajstić information content (AvgIpc) is 2.33. The van der Waals surface area contributed by atoms with Crippen LogP contribution in [0.4, 0.5) is 4.79 Å². The van der Waals surface area contributed by atoms with E-state index >= 15 is 0 Å². The summed E-state index contributed by atoms with van der Waals surface area (Å²) in [5, 5.41) is 0. The normalized spacial score (nSPS) is 23.1. The lowest BCUT2D eigenvalue weighted by molar-refractivity contribution is -0.150. The summed E-state index contributed by atoms with van der Waals surface area (Å²) >= 11 is 0. The van der Waals surface area contributed by atoms with Crippen LogP contribution in [0.2, 0.25) is 0 Å². The van der Waals surface area contributed by atoms with Gasteiger partial charge in [0, 0.05) is 6.54 Å². The van der Waals surface area contributed by atoms with Crippen LogP contribution in [-0.2, 0) is 14.3 Å². The Bertz CT molecular complexity index is 373. The van der Waals surface area contributed by atoms with Gasteiger partial charge in [0.25, 0.3) is 0 Å². The number of ether oxygens (including phenoxy) is 2. The first-order valence-electron chi connectivity index (χ1n) is 7.01. The van der Waals surface area contributed by atoms with Gasteiger partial charge in [-0.1, -0.05) is 19.6 Å². The third-order valence-electron chi connectivity index (χ3n) is 3.11. The number of hydrogen-bond donors (Lipinski definition) is 0. The van der Waals surface area contributed by atoms with Crippen molar-refractivity contribution in [2.45, 2.75) is 52.2 Å². The van der Waals surface area contributed by atoms with Gasteiger partial charge in [-0.3, -0.25) is 4.90 Å². The van der Waals surface area contributed by atoms with Gasteiger partial charge in [-0.05, 0) is 39.5 Å². The molecule has 1 aliphatic heterocycles. The molecule has 0 radical (unpaired) electrons. The lowest BCUT2D eigenvalue weighted by Crippen LogP contribution is -2.51. The van der Waals surface area contributed by atoms with Crippen molar-refractivity contribution in [3.05, 3.63) is 12.7 Å². The van der Waals surface area contributed by atoms with E-state index in [1.165, 1.54) is 11.0 Å². The highest BCUT2D eigenvalue weighted by Crippen LogP contribution is 2.25. The average molecular weight is 283 g/mol. The molecule has 0 aromatic rings. The van der Waals surface area contributed by atoms with Gasteiger partial charge in [0.05, 0.1) is 0 Å². The molecule has 1 aliphatic rings. The third-order valence-corrected chi connectivity index (χ3v) is 3.11. The van der Waals surface area contributed by atoms with E-state index in [0.717, 1.165) is 6.42 Å². The minimum Gasteiger partial charge on any atom is -0.460 e. The van der Waals surface area contributed by atoms with E-state index in [1.54, 1.807) is 0 Å². The Kier molecular flexibility index (Phi) is 5.60. The van der Waals surface area contributed by atoms with Crippen molar-refractivity contribution < 1.29 is 19.1 Å². The molecule has 2 atom stereocenters. The van der Waals surface area contributed by atoms with Crippen molar-refractivity contribution in [2.75, 3.05) is 13.2 Å². The van der Waals surface area contributed by atoms with Gasteiger partial charge in [0.2, 0.25) is 0 Å². The first-order valence-corrected chi connectivity index (χ1v) is 7.01. The molecule has 0 saturated carbocycles. The molecule has 1 rings (SSSR count). The Morgan fingerprint density at radius 1 is 1.40 bits per heavy atom. The van der Waals surface area contributed by atoms with E-state index in [1.807, 2.05) is 20.8 Å². The van der Waals surface area contributed by atoms with Gasteiger partial charge >= 0.3 is 12.1 Å². The van der Waals surface area contributed by atoms with Gasteiger partial charge in [-0.15, -0.1) is 0 Å². The van der Waals surface area contributed by atoms with Crippen molar-refractivity contribution in [1.82, 2.24) is 4.90 Å². The minimum atomic E-state index is -0.574. The van der Waals surface area contributed by atoms with Crippen molar-refractivity contribution in [2.24, 2.45) is 5.92 Å². The van der Waals surface area contributed by atoms with Gasteiger partial charge in [0.1, 0.15) is 18.2 Å². The fourth-order valence-electron chi connectivity index (χ4n) is 2.14. The highest BCUT2D eigenvalue weighted by Gasteiger charge is 2.37. The number of nitrogens with zero attached hydrogens (tertiary/aromatic N) is 1. The molecule has 0 unspecified atom stereocenters. The highest BCUT2D eigenvalue weighted by molar-refractivity contribution is 5.81. The molecule has 1 fully saturated rings. The molecule has 1 saturated heterocycles. The van der Waals surface area contributed by atoms with Crippen LogP contribution in [0, 0.1) is 5.92 Å². The smallest absolute Gasteiger partial charge is 0.411 e. The number of amides is 1. The number of hydrogen-bond acceptors (Lipinski definition) is 4. The number of piperidine rings is 1. The summed E-state index contributed by atoms with van der Waals surface area (Å²) in [6, 6.07) is -0.562. The summed E-state index contributed by atoms with van der Waals surface area (Å²) in [5.41, 5.74) is -0.574. The third kappa shape index (κ3) is 4.87. The predicted molar refractivity (Wildman–Crippen MR) is 76.3 cm³/mol. The zero-order chi connectivity index (χ0) is 15.3. The van der Waals surface area contributed by atoms with Crippen LogP contribution >= 0.6 is 0 Å². The van der Waals surface area contributed by atoms with Crippen molar-refractivity contribution in [3.63, 3.8) is 0 Å². The molecular formula is C15H25NO4. The molecule has 0 N–H and O–H groups in total. The van der Waals surface area contributed by atoms with Crippen LogP contribution < -0.4 is 0 Å². The Labute approximate surface area is 120 Å². The minimum absolute atomic E-state index is 0.159. The van der Waals surface area contributed by atoms with Crippen LogP contribution in [0.25, 0.3) is 0 Å². The number of esters is 1. The highest BCUT2D eigenvalue weighted by atomic mass is 16.6. The first kappa shape index (κ1) is 16.5. The van der Waals surface area contributed by atoms with E-state index in [4.69, 9.17) is 9.47 Å². The molecule has 0 bridgehead atoms. The van der Waals surface area contributed by atoms with Crippen LogP contribution in [-0.4, -0.2) is 41.8 Å². The van der Waals surface area contributed by atoms with Crippen LogP contribution in [0.5, 0.6) is 0 Å². The largest absolute Gasteiger partial charge is 0.460 e. The van der Waals surface area contributed by atoms with Crippen molar-refractivity contribution in [1.29, 1.82) is 0 Å². The SMILES string of the molecule is C=CCOC(=O)[C@H]1C[C@H](C)CCN1C(=O)OC(C)(C)C. The lowest BCUT2D eigenvalue weighted by Gasteiger charge is -2.37. The summed E-state index contributed by atoms with van der Waals surface area (Å²) in [4.78, 5) is 25.7. The molecule has 0 aromatic carbocycles. The summed E-state index contributed by atoms with van der Waals surface area (Å²) in [6.45, 7) is 11.7. The van der Waals surface area contributed by atoms with Crippen molar-refractivity contribution >= 4 is 12.1 Å². The zero-order valence-electron chi connectivity index (χ0n) is 12.8. The number of carbonyl (C=O) groups excluding carboxylic acids is 2. The maximum absolute atomic E-state index is 12.2. The summed E-state index contributed by atoms with van der Waals surface area (Å²) in [7, 11) is 0. The summed E-state index contributed by atoms with van der Waals surface area (Å²) < 4.78 is 10.4. The second-order valence-corrected chi connectivity index (χ2v) is 6.24. The Morgan fingerprint density at radius 3 is 2.60 bits per heavy atom. The van der Waals surface area contributed by atoms with Crippen LogP contribution in [0.15, 0.2) is 12.7 Å². The van der Waals surface area contributed by atoms with E-state index in [9.17, 15) is 9.59 Å². The van der Waals surface area contributed by atoms with Crippen LogP contribution in [0.1, 0.15) is 40.5 Å². The van der Waals surface area contributed by atoms with Gasteiger partial charge in [0.15, 0.2) is 0 Å². The first-order chi connectivity index (χ1) is 9.24. The molecule has 114 valence electrons. The fraction of sp³-hybridized carbons (Fsp3) is 0.733. The molecule has 20 heavy (non-hydrogen) atoms. The fourth-order valence-corrected chi connectivity index (χ4v) is 2.14. The molecule has 0 aromatic heterocycles. The van der Waals surface area contributed by atoms with E-state index in [2.05, 4.69) is 13.5 Å². The van der Waals surface area contributed by atoms with E-state index in [0.29, 0.717) is 18.9 Å². The molecule has 1 heterocycles. The summed E-state index contributed by atoms with van der Waals surface area (Å²) in [5.74, 6) is -0.00252. The molecule has 1 amide bonds. The number of carbonyl (C=O) groups is 2. The molecule has 0 spiro atoms. The van der Waals surface area contributed by atoms with Crippen molar-refractivity contribution in [3.8, 4) is 0 Å². The second kappa shape index (κ2) is 6.77.